The van der Waals surface area contributed by atoms with Crippen LogP contribution in [0, 0.1) is 29.1 Å². The van der Waals surface area contributed by atoms with Gasteiger partial charge in [0.1, 0.15) is 18.1 Å². The van der Waals surface area contributed by atoms with E-state index in [1.807, 2.05) is 19.9 Å². The third kappa shape index (κ3) is 6.04. The van der Waals surface area contributed by atoms with E-state index < -0.39 is 60.2 Å². The molecule has 8 nitrogen and oxygen atoms in total. The van der Waals surface area contributed by atoms with Gasteiger partial charge in [-0.1, -0.05) is 31.5 Å². The summed E-state index contributed by atoms with van der Waals surface area (Å²) in [5.41, 5.74) is 0.615. The third-order valence-electron chi connectivity index (χ3n) is 7.78. The van der Waals surface area contributed by atoms with Crippen LogP contribution in [0.2, 0.25) is 5.02 Å². The van der Waals surface area contributed by atoms with Crippen molar-refractivity contribution in [1.29, 1.82) is 5.26 Å². The van der Waals surface area contributed by atoms with Gasteiger partial charge in [-0.05, 0) is 56.2 Å². The largest absolute Gasteiger partial charge is 0.374 e. The van der Waals surface area contributed by atoms with Gasteiger partial charge in [0.2, 0.25) is 17.7 Å². The van der Waals surface area contributed by atoms with E-state index in [0.29, 0.717) is 36.5 Å². The van der Waals surface area contributed by atoms with Gasteiger partial charge < -0.3 is 20.9 Å². The third-order valence-corrected chi connectivity index (χ3v) is 8.02. The lowest BCUT2D eigenvalue weighted by atomic mass is 9.71. The first-order valence-corrected chi connectivity index (χ1v) is 13.6. The lowest BCUT2D eigenvalue weighted by Crippen LogP contribution is -2.70. The fraction of sp³-hybridized carbons (Fsp3) is 0.630. The number of amides is 3. The van der Waals surface area contributed by atoms with Crippen molar-refractivity contribution in [3.05, 3.63) is 29.3 Å². The maximum absolute atomic E-state index is 15.1. The molecule has 38 heavy (non-hydrogen) atoms. The van der Waals surface area contributed by atoms with Crippen molar-refractivity contribution < 1.29 is 23.2 Å². The quantitative estimate of drug-likeness (QED) is 0.434. The van der Waals surface area contributed by atoms with E-state index in [0.717, 1.165) is 0 Å². The second kappa shape index (κ2) is 11.4. The molecule has 1 aromatic carbocycles. The lowest BCUT2D eigenvalue weighted by Gasteiger charge is -2.54. The Morgan fingerprint density at radius 3 is 2.66 bits per heavy atom. The Morgan fingerprint density at radius 2 is 2.05 bits per heavy atom. The van der Waals surface area contributed by atoms with Crippen molar-refractivity contribution in [2.24, 2.45) is 17.8 Å². The standard InChI is InChI=1S/C27H34ClF2N5O3/c1-15(2)10-22(33-18-5-3-4-17(28)12-18)26(38)35-20-6-7-21(27(29,30)13-20)23(35)25(37)34-19(14-31)11-16-8-9-32-24(16)36/h3-5,12,15-16,19-23,33H,6-11,13H2,1-2H3,(H,32,36)(H,34,37)/t16-,19+,20+,21+,22-,23+/m1/s1. The van der Waals surface area contributed by atoms with E-state index in [1.54, 1.807) is 24.3 Å². The van der Waals surface area contributed by atoms with Crippen LogP contribution >= 0.6 is 11.6 Å². The highest BCUT2D eigenvalue weighted by molar-refractivity contribution is 6.30. The average molecular weight is 550 g/mol. The summed E-state index contributed by atoms with van der Waals surface area (Å²) < 4.78 is 30.2. The molecule has 6 atom stereocenters. The van der Waals surface area contributed by atoms with Crippen LogP contribution in [0.5, 0.6) is 0 Å². The number of hydrogen-bond acceptors (Lipinski definition) is 5. The van der Waals surface area contributed by atoms with Crippen molar-refractivity contribution >= 4 is 35.0 Å². The van der Waals surface area contributed by atoms with Gasteiger partial charge >= 0.3 is 0 Å². The summed E-state index contributed by atoms with van der Waals surface area (Å²) in [4.78, 5) is 40.9. The van der Waals surface area contributed by atoms with Crippen LogP contribution in [0.1, 0.15) is 52.4 Å². The molecule has 0 spiro atoms. The van der Waals surface area contributed by atoms with Crippen molar-refractivity contribution in [3.63, 3.8) is 0 Å². The fourth-order valence-electron chi connectivity index (χ4n) is 6.03. The maximum atomic E-state index is 15.1. The van der Waals surface area contributed by atoms with Crippen LogP contribution in [0.15, 0.2) is 24.3 Å². The number of benzene rings is 1. The number of alkyl halides is 2. The minimum atomic E-state index is -3.11. The molecule has 3 amide bonds. The number of piperidine rings is 2. The van der Waals surface area contributed by atoms with Crippen LogP contribution in [0.4, 0.5) is 14.5 Å². The average Bonchev–Trinajstić information content (AvgIpc) is 3.25. The van der Waals surface area contributed by atoms with E-state index in [1.165, 1.54) is 4.90 Å². The van der Waals surface area contributed by atoms with Crippen molar-refractivity contribution in [3.8, 4) is 6.07 Å². The van der Waals surface area contributed by atoms with Crippen LogP contribution in [0.25, 0.3) is 0 Å². The van der Waals surface area contributed by atoms with E-state index in [9.17, 15) is 19.6 Å². The topological polar surface area (TPSA) is 114 Å². The van der Waals surface area contributed by atoms with Crippen molar-refractivity contribution in [1.82, 2.24) is 15.5 Å². The number of hydrogen-bond donors (Lipinski definition) is 3. The number of nitrogens with zero attached hydrogens (tertiary/aromatic N) is 2. The molecular formula is C27H34ClF2N5O3. The molecule has 3 heterocycles. The second-order valence-corrected chi connectivity index (χ2v) is 11.5. The molecule has 1 aliphatic carbocycles. The zero-order valence-corrected chi connectivity index (χ0v) is 22.3. The van der Waals surface area contributed by atoms with Crippen LogP contribution < -0.4 is 16.0 Å². The second-order valence-electron chi connectivity index (χ2n) is 11.0. The van der Waals surface area contributed by atoms with Gasteiger partial charge in [0.25, 0.3) is 5.92 Å². The number of nitriles is 1. The maximum Gasteiger partial charge on any atom is 0.255 e. The van der Waals surface area contributed by atoms with E-state index in [-0.39, 0.29) is 24.7 Å². The molecule has 2 bridgehead atoms. The number of fused-ring (bicyclic) bond motifs is 3. The summed E-state index contributed by atoms with van der Waals surface area (Å²) in [5, 5.41) is 18.6. The number of carbonyl (C=O) groups is 3. The Kier molecular flexibility index (Phi) is 8.46. The normalized spacial score (nSPS) is 27.4. The Morgan fingerprint density at radius 1 is 1.29 bits per heavy atom. The first-order valence-electron chi connectivity index (χ1n) is 13.2. The number of anilines is 1. The molecule has 4 aliphatic rings. The number of carbonyl (C=O) groups excluding carboxylic acids is 3. The number of nitrogens with one attached hydrogen (secondary N) is 3. The van der Waals surface area contributed by atoms with Crippen LogP contribution in [-0.4, -0.2) is 59.3 Å². The zero-order chi connectivity index (χ0) is 27.6. The summed E-state index contributed by atoms with van der Waals surface area (Å²) >= 11 is 6.12. The molecule has 206 valence electrons. The summed E-state index contributed by atoms with van der Waals surface area (Å²) in [7, 11) is 0. The number of rotatable bonds is 9. The highest BCUT2D eigenvalue weighted by atomic mass is 35.5. The molecule has 1 aromatic rings. The molecule has 3 aliphatic heterocycles. The van der Waals surface area contributed by atoms with Crippen LogP contribution in [0.3, 0.4) is 0 Å². The lowest BCUT2D eigenvalue weighted by molar-refractivity contribution is -0.194. The monoisotopic (exact) mass is 549 g/mol. The van der Waals surface area contributed by atoms with Gasteiger partial charge in [0, 0.05) is 35.6 Å². The zero-order valence-electron chi connectivity index (χ0n) is 21.6. The summed E-state index contributed by atoms with van der Waals surface area (Å²) in [6.07, 6.45) is 1.04. The predicted octanol–water partition coefficient (Wildman–Crippen LogP) is 3.72. The van der Waals surface area contributed by atoms with Gasteiger partial charge in [-0.2, -0.15) is 5.26 Å². The van der Waals surface area contributed by atoms with Gasteiger partial charge in [0.05, 0.1) is 12.0 Å². The SMILES string of the molecule is CC(C)C[C@@H](Nc1cccc(Cl)c1)C(=O)N1[C@H]2CC[C@@H]([C@H]1C(=O)N[C@H](C#N)C[C@H]1CCNC1=O)C(F)(F)C2. The molecule has 3 saturated heterocycles. The van der Waals surface area contributed by atoms with E-state index >= 15 is 8.78 Å². The number of halogens is 3. The summed E-state index contributed by atoms with van der Waals surface area (Å²) in [5.74, 6) is -6.18. The fourth-order valence-corrected chi connectivity index (χ4v) is 6.22. The minimum Gasteiger partial charge on any atom is -0.374 e. The molecular weight excluding hydrogens is 516 g/mol. The molecule has 1 saturated carbocycles. The first-order chi connectivity index (χ1) is 18.0. The Balaban J connectivity index is 1.59. The molecule has 3 N–H and O–H groups in total. The highest BCUT2D eigenvalue weighted by Gasteiger charge is 2.61. The molecule has 11 heteroatoms. The van der Waals surface area contributed by atoms with Crippen molar-refractivity contribution in [2.75, 3.05) is 11.9 Å². The highest BCUT2D eigenvalue weighted by Crippen LogP contribution is 2.49. The van der Waals surface area contributed by atoms with E-state index in [2.05, 4.69) is 16.0 Å². The van der Waals surface area contributed by atoms with Gasteiger partial charge in [-0.15, -0.1) is 0 Å². The van der Waals surface area contributed by atoms with Gasteiger partial charge in [-0.3, -0.25) is 14.4 Å². The minimum absolute atomic E-state index is 0.0888. The van der Waals surface area contributed by atoms with Crippen molar-refractivity contribution in [2.45, 2.75) is 82.5 Å². The Hall–Kier alpha value is -2.93. The summed E-state index contributed by atoms with van der Waals surface area (Å²) in [6.45, 7) is 4.40. The molecule has 0 aromatic heterocycles. The Labute approximate surface area is 226 Å². The van der Waals surface area contributed by atoms with Crippen LogP contribution in [-0.2, 0) is 14.4 Å². The molecule has 4 fully saturated rings. The van der Waals surface area contributed by atoms with E-state index in [4.69, 9.17) is 11.6 Å². The summed E-state index contributed by atoms with van der Waals surface area (Å²) in [6, 6.07) is 4.89. The molecule has 0 unspecified atom stereocenters. The predicted molar refractivity (Wildman–Crippen MR) is 138 cm³/mol. The van der Waals surface area contributed by atoms with Gasteiger partial charge in [-0.25, -0.2) is 8.78 Å². The smallest absolute Gasteiger partial charge is 0.255 e. The molecule has 5 rings (SSSR count). The Bertz CT molecular complexity index is 1110. The first kappa shape index (κ1) is 28.1. The molecule has 0 radical (unpaired) electrons. The van der Waals surface area contributed by atoms with Gasteiger partial charge in [0.15, 0.2) is 0 Å².